The largest absolute Gasteiger partial charge is 0.357 e. The normalized spacial score (nSPS) is 12.6. The zero-order valence-corrected chi connectivity index (χ0v) is 10.9. The Bertz CT molecular complexity index is 626. The lowest BCUT2D eigenvalue weighted by atomic mass is 10.2. The van der Waals surface area contributed by atoms with Crippen molar-refractivity contribution in [3.05, 3.63) is 28.5 Å². The van der Waals surface area contributed by atoms with Gasteiger partial charge < -0.3 is 14.9 Å². The van der Waals surface area contributed by atoms with E-state index in [0.717, 1.165) is 16.6 Å². The van der Waals surface area contributed by atoms with Crippen LogP contribution in [0.15, 0.2) is 18.2 Å². The van der Waals surface area contributed by atoms with Gasteiger partial charge in [0.05, 0.1) is 11.0 Å². The van der Waals surface area contributed by atoms with Crippen LogP contribution < -0.4 is 5.32 Å². The molecule has 0 aliphatic carbocycles. The predicted octanol–water partition coefficient (Wildman–Crippen LogP) is 2.31. The van der Waals surface area contributed by atoms with E-state index in [1.165, 1.54) is 0 Å². The summed E-state index contributed by atoms with van der Waals surface area (Å²) in [6, 6.07) is 5.70. The van der Waals surface area contributed by atoms with Crippen LogP contribution >= 0.6 is 12.2 Å². The minimum absolute atomic E-state index is 0.0532. The lowest BCUT2D eigenvalue weighted by molar-refractivity contribution is -0.123. The molecule has 17 heavy (non-hydrogen) atoms. The number of nitrogens with one attached hydrogen (secondary N) is 2. The van der Waals surface area contributed by atoms with Gasteiger partial charge in [0, 0.05) is 7.05 Å². The van der Waals surface area contributed by atoms with Crippen molar-refractivity contribution in [1.82, 2.24) is 14.9 Å². The van der Waals surface area contributed by atoms with E-state index in [2.05, 4.69) is 10.3 Å². The summed E-state index contributed by atoms with van der Waals surface area (Å²) < 4.78 is 2.41. The van der Waals surface area contributed by atoms with Gasteiger partial charge >= 0.3 is 0 Å². The Morgan fingerprint density at radius 1 is 1.53 bits per heavy atom. The highest BCUT2D eigenvalue weighted by atomic mass is 32.1. The number of aromatic nitrogens is 2. The van der Waals surface area contributed by atoms with E-state index in [1.807, 2.05) is 36.6 Å². The van der Waals surface area contributed by atoms with Crippen molar-refractivity contribution in [3.8, 4) is 0 Å². The summed E-state index contributed by atoms with van der Waals surface area (Å²) in [5, 5.41) is 2.64. The second-order valence-electron chi connectivity index (χ2n) is 4.11. The average Bonchev–Trinajstić information content (AvgIpc) is 2.62. The maximum Gasteiger partial charge on any atom is 0.242 e. The van der Waals surface area contributed by atoms with Gasteiger partial charge in [0.25, 0.3) is 0 Å². The Hall–Kier alpha value is -1.62. The van der Waals surface area contributed by atoms with Crippen LogP contribution in [0.25, 0.3) is 11.0 Å². The molecule has 1 aromatic carbocycles. The monoisotopic (exact) mass is 249 g/mol. The topological polar surface area (TPSA) is 49.8 Å². The smallest absolute Gasteiger partial charge is 0.242 e. The highest BCUT2D eigenvalue weighted by molar-refractivity contribution is 7.71. The number of hydrogen-bond acceptors (Lipinski definition) is 2. The number of fused-ring (bicyclic) bond motifs is 1. The Balaban J connectivity index is 2.65. The number of carbonyl (C=O) groups excluding carboxylic acids is 1. The summed E-state index contributed by atoms with van der Waals surface area (Å²) in [4.78, 5) is 14.8. The van der Waals surface area contributed by atoms with Gasteiger partial charge in [-0.25, -0.2) is 0 Å². The van der Waals surface area contributed by atoms with E-state index >= 15 is 0 Å². The molecule has 0 aliphatic rings. The fraction of sp³-hybridized carbons (Fsp3) is 0.333. The summed E-state index contributed by atoms with van der Waals surface area (Å²) in [6.45, 7) is 3.86. The van der Waals surface area contributed by atoms with Gasteiger partial charge in [-0.15, -0.1) is 0 Å². The van der Waals surface area contributed by atoms with Gasteiger partial charge in [-0.1, -0.05) is 6.07 Å². The van der Waals surface area contributed by atoms with Crippen molar-refractivity contribution < 1.29 is 4.79 Å². The average molecular weight is 249 g/mol. The van der Waals surface area contributed by atoms with Gasteiger partial charge in [0.1, 0.15) is 6.04 Å². The van der Waals surface area contributed by atoms with Gasteiger partial charge in [0.2, 0.25) is 5.91 Å². The molecule has 90 valence electrons. The number of nitrogens with zero attached hydrogens (tertiary/aromatic N) is 1. The van der Waals surface area contributed by atoms with E-state index < -0.39 is 0 Å². The van der Waals surface area contributed by atoms with Gasteiger partial charge in [-0.3, -0.25) is 4.79 Å². The first-order valence-corrected chi connectivity index (χ1v) is 5.88. The van der Waals surface area contributed by atoms with Gasteiger partial charge in [-0.2, -0.15) is 0 Å². The Morgan fingerprint density at radius 2 is 2.24 bits per heavy atom. The molecular weight excluding hydrogens is 234 g/mol. The lowest BCUT2D eigenvalue weighted by Crippen LogP contribution is -2.27. The van der Waals surface area contributed by atoms with E-state index in [4.69, 9.17) is 12.2 Å². The summed E-state index contributed by atoms with van der Waals surface area (Å²) in [5.74, 6) is -0.0532. The maximum atomic E-state index is 11.7. The Labute approximate surface area is 105 Å². The Kier molecular flexibility index (Phi) is 3.02. The van der Waals surface area contributed by atoms with Crippen molar-refractivity contribution in [2.75, 3.05) is 7.05 Å². The number of benzene rings is 1. The SMILES string of the molecule is CNC(=O)C(C)n1c(=S)[nH]c2cc(C)ccc21. The minimum Gasteiger partial charge on any atom is -0.357 e. The van der Waals surface area contributed by atoms with Crippen LogP contribution in [0.3, 0.4) is 0 Å². The molecule has 0 fully saturated rings. The molecule has 0 saturated heterocycles. The van der Waals surface area contributed by atoms with E-state index in [0.29, 0.717) is 4.77 Å². The third-order valence-electron chi connectivity index (χ3n) is 2.89. The summed E-state index contributed by atoms with van der Waals surface area (Å²) in [5.41, 5.74) is 3.08. The first kappa shape index (κ1) is 11.9. The number of imidazole rings is 1. The van der Waals surface area contributed by atoms with Crippen LogP contribution in [0.1, 0.15) is 18.5 Å². The first-order valence-electron chi connectivity index (χ1n) is 5.47. The van der Waals surface area contributed by atoms with Gasteiger partial charge in [-0.05, 0) is 43.8 Å². The number of carbonyl (C=O) groups is 1. The second-order valence-corrected chi connectivity index (χ2v) is 4.50. The molecule has 1 unspecified atom stereocenters. The molecular formula is C12H15N3OS. The van der Waals surface area contributed by atoms with Crippen molar-refractivity contribution in [2.45, 2.75) is 19.9 Å². The molecule has 2 N–H and O–H groups in total. The molecule has 5 heteroatoms. The molecule has 0 aliphatic heterocycles. The molecule has 4 nitrogen and oxygen atoms in total. The number of aryl methyl sites for hydroxylation is 1. The van der Waals surface area contributed by atoms with Gasteiger partial charge in [0.15, 0.2) is 4.77 Å². The first-order chi connectivity index (χ1) is 8.04. The van der Waals surface area contributed by atoms with Crippen molar-refractivity contribution in [2.24, 2.45) is 0 Å². The number of rotatable bonds is 2. The molecule has 2 aromatic rings. The molecule has 2 rings (SSSR count). The summed E-state index contributed by atoms with van der Waals surface area (Å²) in [6.07, 6.45) is 0. The number of likely N-dealkylation sites (N-methyl/N-ethyl adjacent to an activating group) is 1. The predicted molar refractivity (Wildman–Crippen MR) is 70.6 cm³/mol. The van der Waals surface area contributed by atoms with E-state index in [1.54, 1.807) is 7.05 Å². The van der Waals surface area contributed by atoms with Crippen LogP contribution in [0, 0.1) is 11.7 Å². The van der Waals surface area contributed by atoms with Crippen molar-refractivity contribution >= 4 is 29.2 Å². The quantitative estimate of drug-likeness (QED) is 0.802. The lowest BCUT2D eigenvalue weighted by Gasteiger charge is -2.12. The Morgan fingerprint density at radius 3 is 2.88 bits per heavy atom. The fourth-order valence-corrected chi connectivity index (χ4v) is 2.32. The van der Waals surface area contributed by atoms with Crippen LogP contribution in [0.2, 0.25) is 0 Å². The molecule has 0 spiro atoms. The van der Waals surface area contributed by atoms with Crippen molar-refractivity contribution in [1.29, 1.82) is 0 Å². The van der Waals surface area contributed by atoms with Crippen LogP contribution in [0.5, 0.6) is 0 Å². The highest BCUT2D eigenvalue weighted by Crippen LogP contribution is 2.20. The van der Waals surface area contributed by atoms with Crippen molar-refractivity contribution in [3.63, 3.8) is 0 Å². The molecule has 1 atom stereocenters. The number of aromatic amines is 1. The minimum atomic E-state index is -0.316. The molecule has 0 saturated carbocycles. The van der Waals surface area contributed by atoms with E-state index in [9.17, 15) is 4.79 Å². The number of H-pyrrole nitrogens is 1. The third-order valence-corrected chi connectivity index (χ3v) is 3.18. The molecule has 1 amide bonds. The van der Waals surface area contributed by atoms with Crippen LogP contribution in [-0.2, 0) is 4.79 Å². The van der Waals surface area contributed by atoms with Crippen LogP contribution in [-0.4, -0.2) is 22.5 Å². The van der Waals surface area contributed by atoms with Crippen LogP contribution in [0.4, 0.5) is 0 Å². The highest BCUT2D eigenvalue weighted by Gasteiger charge is 2.16. The zero-order valence-electron chi connectivity index (χ0n) is 10.1. The standard InChI is InChI=1S/C12H15N3OS/c1-7-4-5-10-9(6-7)14-12(17)15(10)8(2)11(16)13-3/h4-6,8H,1-3H3,(H,13,16)(H,14,17). The number of amides is 1. The maximum absolute atomic E-state index is 11.7. The third kappa shape index (κ3) is 1.98. The number of hydrogen-bond donors (Lipinski definition) is 2. The molecule has 0 bridgehead atoms. The summed E-state index contributed by atoms with van der Waals surface area (Å²) in [7, 11) is 1.63. The fourth-order valence-electron chi connectivity index (χ4n) is 1.96. The molecule has 1 heterocycles. The van der Waals surface area contributed by atoms with E-state index in [-0.39, 0.29) is 11.9 Å². The summed E-state index contributed by atoms with van der Waals surface area (Å²) >= 11 is 5.27. The molecule has 1 aromatic heterocycles. The zero-order chi connectivity index (χ0) is 12.6. The molecule has 0 radical (unpaired) electrons. The second kappa shape index (κ2) is 4.33.